The third-order valence-corrected chi connectivity index (χ3v) is 3.27. The molecule has 7 heteroatoms. The molecule has 0 aliphatic heterocycles. The smallest absolute Gasteiger partial charge is 0.329 e. The van der Waals surface area contributed by atoms with Gasteiger partial charge in [-0.05, 0) is 12.8 Å². The Morgan fingerprint density at radius 3 is 2.71 bits per heavy atom. The zero-order valence-electron chi connectivity index (χ0n) is 9.11. The Morgan fingerprint density at radius 2 is 2.06 bits per heavy atom. The van der Waals surface area contributed by atoms with Gasteiger partial charge in [0.1, 0.15) is 21.5 Å². The Bertz CT molecular complexity index is 781. The highest BCUT2D eigenvalue weighted by Gasteiger charge is 2.26. The quantitative estimate of drug-likeness (QED) is 0.724. The lowest BCUT2D eigenvalue weighted by Gasteiger charge is -2.05. The van der Waals surface area contributed by atoms with Crippen LogP contribution in [0.2, 0.25) is 0 Å². The molecule has 2 aromatic rings. The maximum Gasteiger partial charge on any atom is 0.329 e. The van der Waals surface area contributed by atoms with Crippen molar-refractivity contribution in [3.05, 3.63) is 31.3 Å². The summed E-state index contributed by atoms with van der Waals surface area (Å²) in [5.74, 6) is 1.15. The van der Waals surface area contributed by atoms with Gasteiger partial charge in [-0.3, -0.25) is 14.3 Å². The van der Waals surface area contributed by atoms with Crippen molar-refractivity contribution < 1.29 is 0 Å². The van der Waals surface area contributed by atoms with Crippen LogP contribution in [-0.4, -0.2) is 19.5 Å². The minimum absolute atomic E-state index is 0.248. The van der Waals surface area contributed by atoms with Crippen LogP contribution in [0.4, 0.5) is 0 Å². The summed E-state index contributed by atoms with van der Waals surface area (Å²) >= 11 is 5.11. The van der Waals surface area contributed by atoms with Gasteiger partial charge in [0.15, 0.2) is 0 Å². The highest BCUT2D eigenvalue weighted by atomic mass is 32.1. The lowest BCUT2D eigenvalue weighted by molar-refractivity contribution is 0.810. The van der Waals surface area contributed by atoms with Crippen molar-refractivity contribution >= 4 is 23.3 Å². The minimum atomic E-state index is -0.487. The highest BCUT2D eigenvalue weighted by molar-refractivity contribution is 7.71. The number of fused-ring (bicyclic) bond motifs is 1. The predicted octanol–water partition coefficient (Wildman–Crippen LogP) is 0.557. The first kappa shape index (κ1) is 10.4. The van der Waals surface area contributed by atoms with E-state index in [0.717, 1.165) is 18.7 Å². The van der Waals surface area contributed by atoms with E-state index in [2.05, 4.69) is 15.0 Å². The van der Waals surface area contributed by atoms with Gasteiger partial charge in [-0.1, -0.05) is 12.2 Å². The molecule has 0 unspecified atom stereocenters. The summed E-state index contributed by atoms with van der Waals surface area (Å²) in [4.78, 5) is 32.6. The zero-order valence-corrected chi connectivity index (χ0v) is 9.93. The van der Waals surface area contributed by atoms with E-state index in [9.17, 15) is 9.59 Å². The molecule has 0 spiro atoms. The van der Waals surface area contributed by atoms with Gasteiger partial charge in [-0.25, -0.2) is 9.78 Å². The van der Waals surface area contributed by atoms with E-state index < -0.39 is 11.2 Å². The second-order valence-corrected chi connectivity index (χ2v) is 4.63. The van der Waals surface area contributed by atoms with Crippen LogP contribution in [0.1, 0.15) is 24.6 Å². The Balaban J connectivity index is 2.52. The summed E-state index contributed by atoms with van der Waals surface area (Å²) in [6.45, 7) is 0. The molecule has 0 saturated heterocycles. The molecule has 0 amide bonds. The van der Waals surface area contributed by atoms with Crippen LogP contribution in [0.3, 0.4) is 0 Å². The van der Waals surface area contributed by atoms with Gasteiger partial charge < -0.3 is 4.98 Å². The average molecular weight is 250 g/mol. The van der Waals surface area contributed by atoms with Crippen LogP contribution in [0.15, 0.2) is 9.59 Å². The second-order valence-electron chi connectivity index (χ2n) is 4.24. The Kier molecular flexibility index (Phi) is 2.06. The molecule has 0 radical (unpaired) electrons. The van der Waals surface area contributed by atoms with Crippen molar-refractivity contribution in [3.8, 4) is 0 Å². The molecular weight excluding hydrogens is 240 g/mol. The average Bonchev–Trinajstić information content (AvgIpc) is 3.08. The van der Waals surface area contributed by atoms with E-state index in [-0.39, 0.29) is 10.0 Å². The number of hydrogen-bond acceptors (Lipinski definition) is 4. The van der Waals surface area contributed by atoms with Gasteiger partial charge in [-0.2, -0.15) is 0 Å². The molecule has 88 valence electrons. The second kappa shape index (κ2) is 3.36. The van der Waals surface area contributed by atoms with E-state index in [1.54, 1.807) is 7.05 Å². The third-order valence-electron chi connectivity index (χ3n) is 2.97. The first-order valence-electron chi connectivity index (χ1n) is 5.31. The molecule has 3 rings (SSSR count). The molecule has 2 N–H and O–H groups in total. The van der Waals surface area contributed by atoms with E-state index in [4.69, 9.17) is 12.2 Å². The van der Waals surface area contributed by atoms with Gasteiger partial charge in [0.25, 0.3) is 5.56 Å². The molecular formula is C10H10N4O2S. The molecule has 6 nitrogen and oxygen atoms in total. The van der Waals surface area contributed by atoms with Gasteiger partial charge in [0, 0.05) is 13.0 Å². The Morgan fingerprint density at radius 1 is 1.35 bits per heavy atom. The first-order chi connectivity index (χ1) is 8.08. The van der Waals surface area contributed by atoms with Crippen LogP contribution in [-0.2, 0) is 7.05 Å². The normalized spacial score (nSPS) is 15.4. The van der Waals surface area contributed by atoms with Gasteiger partial charge in [-0.15, -0.1) is 0 Å². The molecule has 17 heavy (non-hydrogen) atoms. The molecule has 1 fully saturated rings. The summed E-state index contributed by atoms with van der Waals surface area (Å²) in [6, 6.07) is 0. The van der Waals surface area contributed by atoms with Crippen LogP contribution in [0.5, 0.6) is 0 Å². The Labute approximate surface area is 100 Å². The molecule has 1 saturated carbocycles. The number of nitrogens with one attached hydrogen (secondary N) is 2. The number of nitrogens with zero attached hydrogens (tertiary/aromatic N) is 2. The molecule has 1 aliphatic carbocycles. The standard InChI is InChI=1S/C10H10N4O2S/c1-14-7-5(8(15)13-10(14)16)9(17)12-6(11-7)4-2-3-4/h4H,2-3H2,1H3,(H,11,12,17)(H,13,15,16). The Hall–Kier alpha value is -1.76. The van der Waals surface area contributed by atoms with Gasteiger partial charge >= 0.3 is 5.69 Å². The largest absolute Gasteiger partial charge is 0.329 e. The van der Waals surface area contributed by atoms with Crippen LogP contribution < -0.4 is 11.2 Å². The molecule has 2 heterocycles. The van der Waals surface area contributed by atoms with Crippen molar-refractivity contribution in [1.82, 2.24) is 19.5 Å². The van der Waals surface area contributed by atoms with Crippen LogP contribution in [0.25, 0.3) is 11.0 Å². The lowest BCUT2D eigenvalue weighted by atomic mass is 10.3. The fourth-order valence-electron chi connectivity index (χ4n) is 1.83. The van der Waals surface area contributed by atoms with Crippen molar-refractivity contribution in [1.29, 1.82) is 0 Å². The first-order valence-corrected chi connectivity index (χ1v) is 5.72. The SMILES string of the molecule is Cn1c(=O)[nH]c(=O)c2c(=S)nc(C3CC3)[nH]c21. The van der Waals surface area contributed by atoms with Crippen molar-refractivity contribution in [3.63, 3.8) is 0 Å². The monoisotopic (exact) mass is 250 g/mol. The maximum absolute atomic E-state index is 11.7. The molecule has 0 aromatic carbocycles. The summed E-state index contributed by atoms with van der Waals surface area (Å²) in [5, 5.41) is 0.270. The number of aromatic amines is 2. The summed E-state index contributed by atoms with van der Waals surface area (Å²) in [5.41, 5.74) is -0.499. The summed E-state index contributed by atoms with van der Waals surface area (Å²) in [7, 11) is 1.59. The fourth-order valence-corrected chi connectivity index (χ4v) is 2.12. The van der Waals surface area contributed by atoms with E-state index in [1.165, 1.54) is 4.57 Å². The van der Waals surface area contributed by atoms with Gasteiger partial charge in [0.05, 0.1) is 0 Å². The lowest BCUT2D eigenvalue weighted by Crippen LogP contribution is -2.29. The topological polar surface area (TPSA) is 83.5 Å². The molecule has 1 aliphatic rings. The number of hydrogen-bond donors (Lipinski definition) is 2. The number of rotatable bonds is 1. The number of H-pyrrole nitrogens is 2. The van der Waals surface area contributed by atoms with Crippen molar-refractivity contribution in [2.45, 2.75) is 18.8 Å². The maximum atomic E-state index is 11.7. The molecule has 0 bridgehead atoms. The summed E-state index contributed by atoms with van der Waals surface area (Å²) < 4.78 is 1.60. The van der Waals surface area contributed by atoms with E-state index in [0.29, 0.717) is 11.6 Å². The number of aromatic nitrogens is 4. The number of aryl methyl sites for hydroxylation is 1. The highest BCUT2D eigenvalue weighted by Crippen LogP contribution is 2.38. The fraction of sp³-hybridized carbons (Fsp3) is 0.400. The molecule has 2 aromatic heterocycles. The zero-order chi connectivity index (χ0) is 12.2. The predicted molar refractivity (Wildman–Crippen MR) is 64.8 cm³/mol. The van der Waals surface area contributed by atoms with Gasteiger partial charge in [0.2, 0.25) is 0 Å². The minimum Gasteiger partial charge on any atom is -0.329 e. The van der Waals surface area contributed by atoms with E-state index in [1.807, 2.05) is 0 Å². The van der Waals surface area contributed by atoms with Crippen LogP contribution >= 0.6 is 12.2 Å². The third kappa shape index (κ3) is 1.54. The van der Waals surface area contributed by atoms with Crippen LogP contribution in [0, 0.1) is 4.64 Å². The van der Waals surface area contributed by atoms with E-state index >= 15 is 0 Å². The van der Waals surface area contributed by atoms with Crippen molar-refractivity contribution in [2.24, 2.45) is 7.05 Å². The molecule has 0 atom stereocenters. The van der Waals surface area contributed by atoms with Crippen molar-refractivity contribution in [2.75, 3.05) is 0 Å². The summed E-state index contributed by atoms with van der Waals surface area (Å²) in [6.07, 6.45) is 2.14.